The molecule has 4 heteroatoms. The zero-order valence-corrected chi connectivity index (χ0v) is 14.7. The highest BCUT2D eigenvalue weighted by molar-refractivity contribution is 5.73. The van der Waals surface area contributed by atoms with Gasteiger partial charge in [-0.05, 0) is 50.0 Å². The van der Waals surface area contributed by atoms with Gasteiger partial charge in [0.15, 0.2) is 0 Å². The second-order valence-corrected chi connectivity index (χ2v) is 6.08. The van der Waals surface area contributed by atoms with Crippen LogP contribution in [-0.4, -0.2) is 25.8 Å². The Morgan fingerprint density at radius 2 is 2.08 bits per heavy atom. The molecule has 1 aliphatic rings. The van der Waals surface area contributed by atoms with Gasteiger partial charge in [0.25, 0.3) is 0 Å². The topological polar surface area (TPSA) is 44.8 Å². The number of esters is 1. The Balaban J connectivity index is 1.68. The molecule has 1 aromatic carbocycles. The van der Waals surface area contributed by atoms with E-state index in [0.29, 0.717) is 19.6 Å². The molecule has 0 unspecified atom stereocenters. The summed E-state index contributed by atoms with van der Waals surface area (Å²) in [6.07, 6.45) is 6.11. The summed E-state index contributed by atoms with van der Waals surface area (Å²) in [5.41, 5.74) is 3.52. The van der Waals surface area contributed by atoms with Gasteiger partial charge in [0.05, 0.1) is 26.7 Å². The number of carbonyl (C=O) groups excluding carboxylic acids is 1. The van der Waals surface area contributed by atoms with Gasteiger partial charge in [-0.15, -0.1) is 0 Å². The van der Waals surface area contributed by atoms with E-state index in [9.17, 15) is 4.79 Å². The first-order valence-electron chi connectivity index (χ1n) is 8.31. The van der Waals surface area contributed by atoms with Crippen molar-refractivity contribution >= 4 is 5.97 Å². The van der Waals surface area contributed by atoms with Gasteiger partial charge in [-0.25, -0.2) is 0 Å². The van der Waals surface area contributed by atoms with Gasteiger partial charge in [0.1, 0.15) is 11.9 Å². The Bertz CT molecular complexity index is 599. The average Bonchev–Trinajstić information content (AvgIpc) is 2.60. The third-order valence-electron chi connectivity index (χ3n) is 4.15. The predicted octanol–water partition coefficient (Wildman–Crippen LogP) is 4.20. The highest BCUT2D eigenvalue weighted by Gasteiger charge is 2.20. The van der Waals surface area contributed by atoms with Gasteiger partial charge >= 0.3 is 5.97 Å². The first-order chi connectivity index (χ1) is 11.6. The van der Waals surface area contributed by atoms with Crippen LogP contribution in [0.3, 0.4) is 0 Å². The van der Waals surface area contributed by atoms with Crippen LogP contribution in [0.4, 0.5) is 0 Å². The molecule has 0 amide bonds. The molecule has 0 saturated heterocycles. The van der Waals surface area contributed by atoms with Crippen LogP contribution in [0.5, 0.6) is 5.75 Å². The molecule has 0 fully saturated rings. The summed E-state index contributed by atoms with van der Waals surface area (Å²) in [5.74, 6) is 0.720. The van der Waals surface area contributed by atoms with Crippen molar-refractivity contribution in [2.24, 2.45) is 0 Å². The lowest BCUT2D eigenvalue weighted by atomic mass is 10.0. The molecule has 1 heterocycles. The van der Waals surface area contributed by atoms with Crippen molar-refractivity contribution in [2.45, 2.75) is 45.8 Å². The second kappa shape index (κ2) is 9.28. The van der Waals surface area contributed by atoms with Crippen molar-refractivity contribution in [3.63, 3.8) is 0 Å². The number of benzene rings is 1. The standard InChI is InChI=1S/C20H26O4/c1-15(4-10-19-16(2)5-11-20(21)24-19)12-13-23-14-17-6-8-18(22-3)9-7-17/h5-9,12,19H,4,10-11,13-14H2,1-3H3/b15-12+/t19-/m0/s1. The largest absolute Gasteiger partial charge is 0.497 e. The van der Waals surface area contributed by atoms with E-state index in [-0.39, 0.29) is 12.1 Å². The van der Waals surface area contributed by atoms with Gasteiger partial charge in [-0.3, -0.25) is 4.79 Å². The van der Waals surface area contributed by atoms with Crippen molar-refractivity contribution in [3.05, 3.63) is 53.1 Å². The highest BCUT2D eigenvalue weighted by atomic mass is 16.5. The monoisotopic (exact) mass is 330 g/mol. The van der Waals surface area contributed by atoms with E-state index in [1.807, 2.05) is 37.3 Å². The van der Waals surface area contributed by atoms with E-state index in [1.54, 1.807) is 7.11 Å². The molecule has 0 N–H and O–H groups in total. The minimum Gasteiger partial charge on any atom is -0.497 e. The third-order valence-corrected chi connectivity index (χ3v) is 4.15. The fraction of sp³-hybridized carbons (Fsp3) is 0.450. The fourth-order valence-electron chi connectivity index (χ4n) is 2.52. The second-order valence-electron chi connectivity index (χ2n) is 6.08. The molecule has 1 aliphatic heterocycles. The summed E-state index contributed by atoms with van der Waals surface area (Å²) < 4.78 is 16.2. The smallest absolute Gasteiger partial charge is 0.310 e. The van der Waals surface area contributed by atoms with Crippen LogP contribution in [0.15, 0.2) is 47.6 Å². The number of methoxy groups -OCH3 is 1. The lowest BCUT2D eigenvalue weighted by Crippen LogP contribution is -2.23. The van der Waals surface area contributed by atoms with Gasteiger partial charge in [0, 0.05) is 0 Å². The molecule has 0 saturated carbocycles. The highest BCUT2D eigenvalue weighted by Crippen LogP contribution is 2.21. The maximum atomic E-state index is 11.3. The summed E-state index contributed by atoms with van der Waals surface area (Å²) in [4.78, 5) is 11.3. The summed E-state index contributed by atoms with van der Waals surface area (Å²) in [6.45, 7) is 5.27. The molecule has 0 aliphatic carbocycles. The Kier molecular flexibility index (Phi) is 7.07. The quantitative estimate of drug-likeness (QED) is 0.407. The van der Waals surface area contributed by atoms with E-state index in [2.05, 4.69) is 13.0 Å². The summed E-state index contributed by atoms with van der Waals surface area (Å²) >= 11 is 0. The number of hydrogen-bond donors (Lipinski definition) is 0. The van der Waals surface area contributed by atoms with Crippen molar-refractivity contribution < 1.29 is 19.0 Å². The molecule has 4 nitrogen and oxygen atoms in total. The number of allylic oxidation sites excluding steroid dienone is 1. The molecule has 24 heavy (non-hydrogen) atoms. The lowest BCUT2D eigenvalue weighted by Gasteiger charge is -2.22. The summed E-state index contributed by atoms with van der Waals surface area (Å²) in [6, 6.07) is 7.87. The van der Waals surface area contributed by atoms with Crippen molar-refractivity contribution in [1.82, 2.24) is 0 Å². The van der Waals surface area contributed by atoms with Crippen LogP contribution < -0.4 is 4.74 Å². The minimum atomic E-state index is -0.130. The Morgan fingerprint density at radius 3 is 2.79 bits per heavy atom. The minimum absolute atomic E-state index is 0.0742. The summed E-state index contributed by atoms with van der Waals surface area (Å²) in [7, 11) is 1.66. The van der Waals surface area contributed by atoms with Crippen LogP contribution in [0.25, 0.3) is 0 Å². The molecule has 0 aromatic heterocycles. The maximum absolute atomic E-state index is 11.3. The zero-order chi connectivity index (χ0) is 17.4. The Morgan fingerprint density at radius 1 is 1.33 bits per heavy atom. The molecule has 2 rings (SSSR count). The summed E-state index contributed by atoms with van der Waals surface area (Å²) in [5, 5.41) is 0. The van der Waals surface area contributed by atoms with E-state index >= 15 is 0 Å². The molecular formula is C20H26O4. The number of hydrogen-bond acceptors (Lipinski definition) is 4. The van der Waals surface area contributed by atoms with Crippen molar-refractivity contribution in [1.29, 1.82) is 0 Å². The van der Waals surface area contributed by atoms with Crippen LogP contribution >= 0.6 is 0 Å². The first-order valence-corrected chi connectivity index (χ1v) is 8.31. The normalized spacial score (nSPS) is 18.1. The predicted molar refractivity (Wildman–Crippen MR) is 93.9 cm³/mol. The maximum Gasteiger partial charge on any atom is 0.310 e. The van der Waals surface area contributed by atoms with Gasteiger partial charge in [0.2, 0.25) is 0 Å². The van der Waals surface area contributed by atoms with Crippen molar-refractivity contribution in [3.8, 4) is 5.75 Å². The van der Waals surface area contributed by atoms with Crippen LogP contribution in [0.1, 0.15) is 38.7 Å². The van der Waals surface area contributed by atoms with E-state index in [4.69, 9.17) is 14.2 Å². The third kappa shape index (κ3) is 5.85. The number of rotatable bonds is 8. The van der Waals surface area contributed by atoms with Crippen molar-refractivity contribution in [2.75, 3.05) is 13.7 Å². The number of cyclic esters (lactones) is 1. The first kappa shape index (κ1) is 18.3. The lowest BCUT2D eigenvalue weighted by molar-refractivity contribution is -0.147. The molecule has 0 radical (unpaired) electrons. The average molecular weight is 330 g/mol. The Labute approximate surface area is 144 Å². The SMILES string of the molecule is COc1ccc(COC/C=C(\C)CC[C@@H]2OC(=O)CC=C2C)cc1. The number of ether oxygens (including phenoxy) is 3. The molecule has 1 atom stereocenters. The Hall–Kier alpha value is -2.07. The molecule has 0 bridgehead atoms. The molecular weight excluding hydrogens is 304 g/mol. The van der Waals surface area contributed by atoms with E-state index in [0.717, 1.165) is 29.7 Å². The van der Waals surface area contributed by atoms with Crippen LogP contribution in [0.2, 0.25) is 0 Å². The van der Waals surface area contributed by atoms with E-state index in [1.165, 1.54) is 5.57 Å². The van der Waals surface area contributed by atoms with Gasteiger partial charge < -0.3 is 14.2 Å². The van der Waals surface area contributed by atoms with E-state index < -0.39 is 0 Å². The molecule has 130 valence electrons. The molecule has 1 aromatic rings. The van der Waals surface area contributed by atoms with Crippen LogP contribution in [0, 0.1) is 0 Å². The molecule has 0 spiro atoms. The zero-order valence-electron chi connectivity index (χ0n) is 14.7. The van der Waals surface area contributed by atoms with Gasteiger partial charge in [-0.1, -0.05) is 29.9 Å². The van der Waals surface area contributed by atoms with Gasteiger partial charge in [-0.2, -0.15) is 0 Å². The fourth-order valence-corrected chi connectivity index (χ4v) is 2.52. The number of carbonyl (C=O) groups is 1. The van der Waals surface area contributed by atoms with Crippen LogP contribution in [-0.2, 0) is 20.9 Å².